The second-order valence-electron chi connectivity index (χ2n) is 8.55. The number of benzene rings is 3. The third-order valence-electron chi connectivity index (χ3n) is 6.22. The molecule has 2 heterocycles. The standard InChI is InChI=1S/C27H23FN2O2/c1-15(2)26-25(21-5-4-6-22(16(21)3)27(31)32)23-11-17-13-29-14-18(17)12-24(23)30(26)20-9-7-19(28)8-10-20/h4-12,14-15H,13H2,1-3H3,(H,31,32). The van der Waals surface area contributed by atoms with Crippen LogP contribution in [0.3, 0.4) is 0 Å². The van der Waals surface area contributed by atoms with Gasteiger partial charge in [0.15, 0.2) is 0 Å². The van der Waals surface area contributed by atoms with E-state index in [2.05, 4.69) is 35.5 Å². The molecular formula is C27H23FN2O2. The van der Waals surface area contributed by atoms with Crippen LogP contribution >= 0.6 is 0 Å². The van der Waals surface area contributed by atoms with Crippen LogP contribution < -0.4 is 0 Å². The fraction of sp³-hybridized carbons (Fsp3) is 0.185. The molecule has 0 saturated carbocycles. The van der Waals surface area contributed by atoms with Gasteiger partial charge in [-0.05, 0) is 77.6 Å². The molecule has 0 bridgehead atoms. The first-order chi connectivity index (χ1) is 15.4. The maximum absolute atomic E-state index is 13.7. The SMILES string of the molecule is Cc1c(C(=O)O)cccc1-c1c(C(C)C)n(-c2ccc(F)cc2)c2cc3c(cc12)CN=C3. The van der Waals surface area contributed by atoms with Crippen molar-refractivity contribution in [3.8, 4) is 16.8 Å². The molecule has 0 unspecified atom stereocenters. The van der Waals surface area contributed by atoms with E-state index in [1.807, 2.05) is 19.2 Å². The van der Waals surface area contributed by atoms with E-state index in [4.69, 9.17) is 0 Å². The van der Waals surface area contributed by atoms with Gasteiger partial charge < -0.3 is 9.67 Å². The molecule has 3 aromatic carbocycles. The number of carboxylic acids is 1. The van der Waals surface area contributed by atoms with Crippen LogP contribution in [0.1, 0.15) is 52.5 Å². The highest BCUT2D eigenvalue weighted by molar-refractivity contribution is 6.05. The predicted molar refractivity (Wildman–Crippen MR) is 126 cm³/mol. The van der Waals surface area contributed by atoms with Gasteiger partial charge in [-0.1, -0.05) is 26.0 Å². The molecule has 4 aromatic rings. The van der Waals surface area contributed by atoms with Gasteiger partial charge in [0.1, 0.15) is 5.82 Å². The number of hydrogen-bond acceptors (Lipinski definition) is 2. The summed E-state index contributed by atoms with van der Waals surface area (Å²) in [6.07, 6.45) is 1.89. The second-order valence-corrected chi connectivity index (χ2v) is 8.55. The van der Waals surface area contributed by atoms with Crippen molar-refractivity contribution in [2.24, 2.45) is 4.99 Å². The Morgan fingerprint density at radius 2 is 1.88 bits per heavy atom. The van der Waals surface area contributed by atoms with E-state index in [0.29, 0.717) is 12.1 Å². The van der Waals surface area contributed by atoms with Crippen LogP contribution in [0.15, 0.2) is 59.6 Å². The van der Waals surface area contributed by atoms with E-state index in [9.17, 15) is 14.3 Å². The van der Waals surface area contributed by atoms with Crippen molar-refractivity contribution >= 4 is 23.1 Å². The average Bonchev–Trinajstić information content (AvgIpc) is 3.34. The number of halogens is 1. The molecule has 32 heavy (non-hydrogen) atoms. The maximum Gasteiger partial charge on any atom is 0.335 e. The van der Waals surface area contributed by atoms with Gasteiger partial charge in [-0.3, -0.25) is 4.99 Å². The Kier molecular flexibility index (Phi) is 4.70. The Morgan fingerprint density at radius 1 is 1.12 bits per heavy atom. The molecule has 0 atom stereocenters. The summed E-state index contributed by atoms with van der Waals surface area (Å²) < 4.78 is 15.9. The van der Waals surface area contributed by atoms with Crippen molar-refractivity contribution in [3.63, 3.8) is 0 Å². The minimum Gasteiger partial charge on any atom is -0.478 e. The van der Waals surface area contributed by atoms with E-state index >= 15 is 0 Å². The molecule has 1 aliphatic heterocycles. The Hall–Kier alpha value is -3.73. The normalized spacial score (nSPS) is 12.7. The molecule has 160 valence electrons. The van der Waals surface area contributed by atoms with Gasteiger partial charge in [0.25, 0.3) is 0 Å². The zero-order chi connectivity index (χ0) is 22.6. The Labute approximate surface area is 185 Å². The lowest BCUT2D eigenvalue weighted by Gasteiger charge is -2.17. The number of fused-ring (bicyclic) bond motifs is 2. The average molecular weight is 426 g/mol. The Bertz CT molecular complexity index is 1410. The summed E-state index contributed by atoms with van der Waals surface area (Å²) >= 11 is 0. The number of rotatable bonds is 4. The van der Waals surface area contributed by atoms with Crippen molar-refractivity contribution in [1.82, 2.24) is 4.57 Å². The van der Waals surface area contributed by atoms with Crippen LogP contribution in [0.4, 0.5) is 4.39 Å². The number of nitrogens with zero attached hydrogens (tertiary/aromatic N) is 2. The Balaban J connectivity index is 1.94. The quantitative estimate of drug-likeness (QED) is 0.405. The monoisotopic (exact) mass is 426 g/mol. The molecule has 0 radical (unpaired) electrons. The first kappa shape index (κ1) is 20.2. The largest absolute Gasteiger partial charge is 0.478 e. The van der Waals surface area contributed by atoms with E-state index < -0.39 is 5.97 Å². The van der Waals surface area contributed by atoms with Crippen LogP contribution in [0.5, 0.6) is 0 Å². The lowest BCUT2D eigenvalue weighted by Crippen LogP contribution is -2.05. The summed E-state index contributed by atoms with van der Waals surface area (Å²) in [5, 5.41) is 10.8. The summed E-state index contributed by atoms with van der Waals surface area (Å²) in [4.78, 5) is 16.3. The fourth-order valence-electron chi connectivity index (χ4n) is 4.75. The van der Waals surface area contributed by atoms with E-state index in [1.165, 1.54) is 12.1 Å². The van der Waals surface area contributed by atoms with Gasteiger partial charge in [-0.15, -0.1) is 0 Å². The van der Waals surface area contributed by atoms with Crippen molar-refractivity contribution in [2.45, 2.75) is 33.2 Å². The third kappa shape index (κ3) is 3.04. The highest BCUT2D eigenvalue weighted by Gasteiger charge is 2.25. The highest BCUT2D eigenvalue weighted by Crippen LogP contribution is 2.43. The van der Waals surface area contributed by atoms with Gasteiger partial charge >= 0.3 is 5.97 Å². The fourth-order valence-corrected chi connectivity index (χ4v) is 4.75. The maximum atomic E-state index is 13.7. The van der Waals surface area contributed by atoms with Crippen molar-refractivity contribution < 1.29 is 14.3 Å². The molecule has 0 amide bonds. The molecule has 5 heteroatoms. The molecule has 5 rings (SSSR count). The molecule has 0 aliphatic carbocycles. The van der Waals surface area contributed by atoms with Crippen molar-refractivity contribution in [1.29, 1.82) is 0 Å². The van der Waals surface area contributed by atoms with E-state index in [-0.39, 0.29) is 11.7 Å². The molecule has 1 N–H and O–H groups in total. The van der Waals surface area contributed by atoms with Crippen molar-refractivity contribution in [3.05, 3.63) is 88.4 Å². The number of hydrogen-bond donors (Lipinski definition) is 1. The molecule has 1 aliphatic rings. The summed E-state index contributed by atoms with van der Waals surface area (Å²) in [7, 11) is 0. The number of aromatic nitrogens is 1. The molecular weight excluding hydrogens is 403 g/mol. The molecule has 4 nitrogen and oxygen atoms in total. The van der Waals surface area contributed by atoms with E-state index in [0.717, 1.165) is 50.1 Å². The molecule has 0 saturated heterocycles. The lowest BCUT2D eigenvalue weighted by molar-refractivity contribution is 0.0696. The predicted octanol–water partition coefficient (Wildman–Crippen LogP) is 6.50. The zero-order valence-corrected chi connectivity index (χ0v) is 18.2. The number of carbonyl (C=O) groups is 1. The first-order valence-corrected chi connectivity index (χ1v) is 10.7. The number of aromatic carboxylic acids is 1. The van der Waals surface area contributed by atoms with Gasteiger partial charge in [0, 0.05) is 28.5 Å². The molecule has 0 spiro atoms. The van der Waals surface area contributed by atoms with Gasteiger partial charge in [-0.2, -0.15) is 0 Å². The summed E-state index contributed by atoms with van der Waals surface area (Å²) in [6, 6.07) is 16.2. The van der Waals surface area contributed by atoms with Crippen LogP contribution in [-0.2, 0) is 6.54 Å². The Morgan fingerprint density at radius 3 is 2.56 bits per heavy atom. The first-order valence-electron chi connectivity index (χ1n) is 10.7. The minimum atomic E-state index is -0.938. The topological polar surface area (TPSA) is 54.6 Å². The molecule has 1 aromatic heterocycles. The van der Waals surface area contributed by atoms with Crippen molar-refractivity contribution in [2.75, 3.05) is 0 Å². The van der Waals surface area contributed by atoms with Crippen LogP contribution in [0.25, 0.3) is 27.7 Å². The van der Waals surface area contributed by atoms with E-state index in [1.54, 1.807) is 24.3 Å². The minimum absolute atomic E-state index is 0.138. The lowest BCUT2D eigenvalue weighted by atomic mass is 9.91. The number of aliphatic imine (C=N–C) groups is 1. The third-order valence-corrected chi connectivity index (χ3v) is 6.22. The molecule has 0 fully saturated rings. The van der Waals surface area contributed by atoms with Gasteiger partial charge in [0.2, 0.25) is 0 Å². The summed E-state index contributed by atoms with van der Waals surface area (Å²) in [6.45, 7) is 6.75. The highest BCUT2D eigenvalue weighted by atomic mass is 19.1. The zero-order valence-electron chi connectivity index (χ0n) is 18.2. The second kappa shape index (κ2) is 7.45. The summed E-state index contributed by atoms with van der Waals surface area (Å²) in [5.41, 5.74) is 8.12. The summed E-state index contributed by atoms with van der Waals surface area (Å²) in [5.74, 6) is -1.08. The van der Waals surface area contributed by atoms with Crippen LogP contribution in [0, 0.1) is 12.7 Å². The smallest absolute Gasteiger partial charge is 0.335 e. The van der Waals surface area contributed by atoms with Gasteiger partial charge in [-0.25, -0.2) is 9.18 Å². The van der Waals surface area contributed by atoms with Crippen LogP contribution in [-0.4, -0.2) is 21.9 Å². The van der Waals surface area contributed by atoms with Gasteiger partial charge in [0.05, 0.1) is 17.6 Å². The van der Waals surface area contributed by atoms with Crippen LogP contribution in [0.2, 0.25) is 0 Å². The number of carboxylic acid groups (broad SMARTS) is 1.